The predicted molar refractivity (Wildman–Crippen MR) is 94.1 cm³/mol. The van der Waals surface area contributed by atoms with Gasteiger partial charge in [-0.1, -0.05) is 29.8 Å². The Morgan fingerprint density at radius 2 is 1.88 bits per heavy atom. The largest absolute Gasteiger partial charge is 0.481 e. The molecule has 0 aliphatic rings. The first-order valence-corrected chi connectivity index (χ1v) is 7.88. The molecule has 0 saturated heterocycles. The van der Waals surface area contributed by atoms with Crippen LogP contribution in [0.25, 0.3) is 0 Å². The average Bonchev–Trinajstić information content (AvgIpc) is 2.53. The van der Waals surface area contributed by atoms with Crippen molar-refractivity contribution in [3.63, 3.8) is 0 Å². The van der Waals surface area contributed by atoms with E-state index in [0.29, 0.717) is 17.3 Å². The summed E-state index contributed by atoms with van der Waals surface area (Å²) >= 11 is 5.89. The Balaban J connectivity index is 1.84. The molecule has 0 bridgehead atoms. The van der Waals surface area contributed by atoms with Crippen LogP contribution in [0.4, 0.5) is 5.69 Å². The van der Waals surface area contributed by atoms with Crippen molar-refractivity contribution < 1.29 is 14.3 Å². The SMILES string of the molecule is CC(=O)Nc1ccc(CNC(=O)C(C)Oc2cccc(Cl)c2)cc1. The number of benzene rings is 2. The zero-order chi connectivity index (χ0) is 17.5. The number of ether oxygens (including phenoxy) is 1. The van der Waals surface area contributed by atoms with E-state index >= 15 is 0 Å². The van der Waals surface area contributed by atoms with Gasteiger partial charge in [-0.25, -0.2) is 0 Å². The Kier molecular flexibility index (Phi) is 6.21. The molecule has 0 spiro atoms. The first-order chi connectivity index (χ1) is 11.4. The molecule has 2 N–H and O–H groups in total. The van der Waals surface area contributed by atoms with E-state index in [4.69, 9.17) is 16.3 Å². The highest BCUT2D eigenvalue weighted by Crippen LogP contribution is 2.18. The highest BCUT2D eigenvalue weighted by Gasteiger charge is 2.14. The zero-order valence-electron chi connectivity index (χ0n) is 13.5. The third-order valence-electron chi connectivity index (χ3n) is 3.22. The fourth-order valence-electron chi connectivity index (χ4n) is 2.04. The van der Waals surface area contributed by atoms with E-state index in [0.717, 1.165) is 11.3 Å². The molecule has 0 radical (unpaired) electrons. The maximum Gasteiger partial charge on any atom is 0.261 e. The molecule has 2 aromatic carbocycles. The lowest BCUT2D eigenvalue weighted by Gasteiger charge is -2.15. The molecule has 1 unspecified atom stereocenters. The number of rotatable bonds is 6. The first-order valence-electron chi connectivity index (χ1n) is 7.50. The van der Waals surface area contributed by atoms with Gasteiger partial charge in [-0.15, -0.1) is 0 Å². The zero-order valence-corrected chi connectivity index (χ0v) is 14.3. The quantitative estimate of drug-likeness (QED) is 0.842. The Bertz CT molecular complexity index is 716. The van der Waals surface area contributed by atoms with Crippen molar-refractivity contribution in [1.82, 2.24) is 5.32 Å². The molecule has 5 nitrogen and oxygen atoms in total. The van der Waals surface area contributed by atoms with Crippen LogP contribution in [-0.4, -0.2) is 17.9 Å². The van der Waals surface area contributed by atoms with Gasteiger partial charge in [0.1, 0.15) is 5.75 Å². The van der Waals surface area contributed by atoms with Crippen molar-refractivity contribution in [2.75, 3.05) is 5.32 Å². The molecule has 2 aromatic rings. The van der Waals surface area contributed by atoms with Gasteiger partial charge in [-0.3, -0.25) is 9.59 Å². The van der Waals surface area contributed by atoms with Crippen LogP contribution < -0.4 is 15.4 Å². The standard InChI is InChI=1S/C18H19ClN2O3/c1-12(24-17-5-3-4-15(19)10-17)18(23)20-11-14-6-8-16(9-7-14)21-13(2)22/h3-10,12H,11H2,1-2H3,(H,20,23)(H,21,22). The molecule has 126 valence electrons. The second-order valence-corrected chi connectivity index (χ2v) is 5.75. The Labute approximate surface area is 146 Å². The molecular formula is C18H19ClN2O3. The molecule has 2 amide bonds. The summed E-state index contributed by atoms with van der Waals surface area (Å²) in [5.74, 6) is 0.203. The van der Waals surface area contributed by atoms with Crippen LogP contribution in [-0.2, 0) is 16.1 Å². The minimum atomic E-state index is -0.637. The second-order valence-electron chi connectivity index (χ2n) is 5.31. The minimum Gasteiger partial charge on any atom is -0.481 e. The van der Waals surface area contributed by atoms with E-state index in [-0.39, 0.29) is 11.8 Å². The van der Waals surface area contributed by atoms with Crippen molar-refractivity contribution in [2.24, 2.45) is 0 Å². The molecule has 6 heteroatoms. The van der Waals surface area contributed by atoms with Crippen LogP contribution in [0.15, 0.2) is 48.5 Å². The molecule has 0 aliphatic heterocycles. The molecule has 2 rings (SSSR count). The minimum absolute atomic E-state index is 0.122. The summed E-state index contributed by atoms with van der Waals surface area (Å²) in [4.78, 5) is 23.1. The van der Waals surface area contributed by atoms with Crippen LogP contribution in [0, 0.1) is 0 Å². The number of hydrogen-bond donors (Lipinski definition) is 2. The normalized spacial score (nSPS) is 11.5. The number of carbonyl (C=O) groups excluding carboxylic acids is 2. The van der Waals surface area contributed by atoms with Crippen LogP contribution in [0.2, 0.25) is 5.02 Å². The first kappa shape index (κ1) is 17.8. The summed E-state index contributed by atoms with van der Waals surface area (Å²) in [5, 5.41) is 6.05. The maximum absolute atomic E-state index is 12.1. The average molecular weight is 347 g/mol. The lowest BCUT2D eigenvalue weighted by Crippen LogP contribution is -2.35. The van der Waals surface area contributed by atoms with Gasteiger partial charge in [-0.2, -0.15) is 0 Å². The van der Waals surface area contributed by atoms with Crippen LogP contribution in [0.1, 0.15) is 19.4 Å². The number of halogens is 1. The van der Waals surface area contributed by atoms with Gasteiger partial charge < -0.3 is 15.4 Å². The molecule has 24 heavy (non-hydrogen) atoms. The van der Waals surface area contributed by atoms with Gasteiger partial charge in [0.2, 0.25) is 5.91 Å². The Hall–Kier alpha value is -2.53. The van der Waals surface area contributed by atoms with Gasteiger partial charge in [0.15, 0.2) is 6.10 Å². The van der Waals surface area contributed by atoms with Gasteiger partial charge in [0.05, 0.1) is 0 Å². The van der Waals surface area contributed by atoms with Crippen LogP contribution >= 0.6 is 11.6 Å². The van der Waals surface area contributed by atoms with E-state index < -0.39 is 6.10 Å². The van der Waals surface area contributed by atoms with Gasteiger partial charge in [-0.05, 0) is 42.8 Å². The molecule has 0 fully saturated rings. The monoisotopic (exact) mass is 346 g/mol. The van der Waals surface area contributed by atoms with Crippen molar-refractivity contribution in [1.29, 1.82) is 0 Å². The van der Waals surface area contributed by atoms with Crippen molar-refractivity contribution in [3.05, 3.63) is 59.1 Å². The number of carbonyl (C=O) groups is 2. The third-order valence-corrected chi connectivity index (χ3v) is 3.45. The fourth-order valence-corrected chi connectivity index (χ4v) is 2.22. The predicted octanol–water partition coefficient (Wildman–Crippen LogP) is 3.38. The lowest BCUT2D eigenvalue weighted by atomic mass is 10.2. The Morgan fingerprint density at radius 1 is 1.17 bits per heavy atom. The smallest absolute Gasteiger partial charge is 0.261 e. The van der Waals surface area contributed by atoms with Crippen molar-refractivity contribution >= 4 is 29.1 Å². The summed E-state index contributed by atoms with van der Waals surface area (Å²) in [6.45, 7) is 3.51. The van der Waals surface area contributed by atoms with Crippen LogP contribution in [0.3, 0.4) is 0 Å². The van der Waals surface area contributed by atoms with Gasteiger partial charge in [0, 0.05) is 24.2 Å². The lowest BCUT2D eigenvalue weighted by molar-refractivity contribution is -0.127. The van der Waals surface area contributed by atoms with E-state index in [1.165, 1.54) is 6.92 Å². The summed E-state index contributed by atoms with van der Waals surface area (Å²) in [6, 6.07) is 14.2. The second kappa shape index (κ2) is 8.36. The topological polar surface area (TPSA) is 67.4 Å². The third kappa shape index (κ3) is 5.59. The van der Waals surface area contributed by atoms with E-state index in [1.54, 1.807) is 43.3 Å². The summed E-state index contributed by atoms with van der Waals surface area (Å²) in [5.41, 5.74) is 1.64. The highest BCUT2D eigenvalue weighted by molar-refractivity contribution is 6.30. The van der Waals surface area contributed by atoms with Crippen molar-refractivity contribution in [2.45, 2.75) is 26.5 Å². The molecule has 0 saturated carbocycles. The van der Waals surface area contributed by atoms with E-state index in [2.05, 4.69) is 10.6 Å². The van der Waals surface area contributed by atoms with E-state index in [9.17, 15) is 9.59 Å². The van der Waals surface area contributed by atoms with Crippen molar-refractivity contribution in [3.8, 4) is 5.75 Å². The number of amides is 2. The number of anilines is 1. The number of hydrogen-bond acceptors (Lipinski definition) is 3. The maximum atomic E-state index is 12.1. The fraction of sp³-hybridized carbons (Fsp3) is 0.222. The molecule has 0 heterocycles. The molecule has 0 aliphatic carbocycles. The van der Waals surface area contributed by atoms with E-state index in [1.807, 2.05) is 12.1 Å². The molecular weight excluding hydrogens is 328 g/mol. The van der Waals surface area contributed by atoms with Gasteiger partial charge in [0.25, 0.3) is 5.91 Å². The van der Waals surface area contributed by atoms with Gasteiger partial charge >= 0.3 is 0 Å². The number of nitrogens with one attached hydrogen (secondary N) is 2. The molecule has 0 aromatic heterocycles. The Morgan fingerprint density at radius 3 is 2.50 bits per heavy atom. The van der Waals surface area contributed by atoms with Crippen LogP contribution in [0.5, 0.6) is 5.75 Å². The molecule has 1 atom stereocenters. The summed E-state index contributed by atoms with van der Waals surface area (Å²) in [6.07, 6.45) is -0.637. The highest BCUT2D eigenvalue weighted by atomic mass is 35.5. The summed E-state index contributed by atoms with van der Waals surface area (Å²) in [7, 11) is 0. The summed E-state index contributed by atoms with van der Waals surface area (Å²) < 4.78 is 5.56.